The Morgan fingerprint density at radius 2 is 0.753 bits per heavy atom. The van der Waals surface area contributed by atoms with Gasteiger partial charge in [-0.2, -0.15) is 0 Å². The van der Waals surface area contributed by atoms with E-state index in [0.29, 0.717) is 6.42 Å². The third-order valence-corrected chi connectivity index (χ3v) is 12.8. The molecule has 73 heavy (non-hydrogen) atoms. The van der Waals surface area contributed by atoms with Crippen LogP contribution in [-0.2, 0) is 32.7 Å². The van der Waals surface area contributed by atoms with Gasteiger partial charge >= 0.3 is 19.8 Å². The Balaban J connectivity index is 4.08. The van der Waals surface area contributed by atoms with Crippen molar-refractivity contribution in [2.45, 2.75) is 238 Å². The van der Waals surface area contributed by atoms with Gasteiger partial charge in [-0.1, -0.05) is 232 Å². The van der Waals surface area contributed by atoms with Gasteiger partial charge in [0.25, 0.3) is 0 Å². The number of hydrogen-bond donors (Lipinski definition) is 2. The van der Waals surface area contributed by atoms with Crippen molar-refractivity contribution in [3.8, 4) is 0 Å². The van der Waals surface area contributed by atoms with Crippen molar-refractivity contribution in [3.05, 3.63) is 122 Å². The van der Waals surface area contributed by atoms with Crippen molar-refractivity contribution in [3.63, 3.8) is 0 Å². The van der Waals surface area contributed by atoms with E-state index in [1.807, 2.05) is 0 Å². The average molecular weight is 1040 g/mol. The number of allylic oxidation sites excluding steroid dienone is 20. The minimum absolute atomic E-state index is 0.0407. The van der Waals surface area contributed by atoms with Crippen LogP contribution in [-0.4, -0.2) is 49.3 Å². The highest BCUT2D eigenvalue weighted by Gasteiger charge is 2.26. The fraction of sp³-hybridized carbons (Fsp3) is 0.651. The molecule has 0 aromatic rings. The number of phosphoric ester groups is 1. The fourth-order valence-corrected chi connectivity index (χ4v) is 8.33. The van der Waals surface area contributed by atoms with E-state index in [2.05, 4.69) is 135 Å². The Labute approximate surface area is 447 Å². The molecule has 0 fully saturated rings. The quantitative estimate of drug-likeness (QED) is 0.0264. The summed E-state index contributed by atoms with van der Waals surface area (Å²) in [5, 5.41) is 0. The first-order valence-electron chi connectivity index (χ1n) is 29.0. The van der Waals surface area contributed by atoms with Crippen LogP contribution in [0.25, 0.3) is 0 Å². The lowest BCUT2D eigenvalue weighted by molar-refractivity contribution is -0.161. The molecule has 0 aromatic heterocycles. The van der Waals surface area contributed by atoms with Gasteiger partial charge in [-0.15, -0.1) is 0 Å². The van der Waals surface area contributed by atoms with Crippen molar-refractivity contribution < 1.29 is 37.6 Å². The maximum Gasteiger partial charge on any atom is 0.472 e. The number of phosphoric acid groups is 1. The van der Waals surface area contributed by atoms with Crippen LogP contribution in [0.4, 0.5) is 0 Å². The van der Waals surface area contributed by atoms with Crippen LogP contribution in [0, 0.1) is 0 Å². The molecule has 0 aliphatic heterocycles. The first kappa shape index (κ1) is 69.4. The van der Waals surface area contributed by atoms with E-state index < -0.39 is 32.5 Å². The highest BCUT2D eigenvalue weighted by Crippen LogP contribution is 2.43. The number of carbonyl (C=O) groups is 2. The van der Waals surface area contributed by atoms with E-state index in [-0.39, 0.29) is 32.6 Å². The first-order chi connectivity index (χ1) is 35.8. The fourth-order valence-electron chi connectivity index (χ4n) is 7.56. The zero-order valence-corrected chi connectivity index (χ0v) is 47.2. The second kappa shape index (κ2) is 57.7. The van der Waals surface area contributed by atoms with Gasteiger partial charge in [-0.3, -0.25) is 18.6 Å². The molecular weight excluding hydrogens is 930 g/mol. The average Bonchev–Trinajstić information content (AvgIpc) is 3.38. The molecule has 0 spiro atoms. The van der Waals surface area contributed by atoms with E-state index in [0.717, 1.165) is 103 Å². The summed E-state index contributed by atoms with van der Waals surface area (Å²) in [6.07, 6.45) is 79.6. The van der Waals surface area contributed by atoms with Crippen molar-refractivity contribution in [1.29, 1.82) is 0 Å². The van der Waals surface area contributed by atoms with E-state index in [4.69, 9.17) is 24.3 Å². The molecule has 0 saturated carbocycles. The summed E-state index contributed by atoms with van der Waals surface area (Å²) in [6.45, 7) is 3.57. The molecule has 2 atom stereocenters. The zero-order chi connectivity index (χ0) is 53.1. The van der Waals surface area contributed by atoms with Crippen LogP contribution in [0.5, 0.6) is 0 Å². The maximum atomic E-state index is 12.7. The maximum absolute atomic E-state index is 12.7. The highest BCUT2D eigenvalue weighted by atomic mass is 31.2. The number of nitrogens with two attached hydrogens (primary N) is 1. The lowest BCUT2D eigenvalue weighted by Gasteiger charge is -2.19. The minimum atomic E-state index is -4.41. The van der Waals surface area contributed by atoms with Gasteiger partial charge in [0.2, 0.25) is 0 Å². The standard InChI is InChI=1S/C63H106NO8P/c1-3-5-7-9-11-13-15-17-19-21-23-25-27-29-30-32-33-35-37-39-41-43-45-47-49-51-53-55-62(65)69-59-61(60-71-73(67,68)70-58-57-64)72-63(66)56-54-52-50-48-46-44-42-40-38-36-34-31-28-26-24-22-20-18-16-14-12-10-8-6-4-2/h6,8,12,14-15,17-18,20-21,23-24,26-27,29,31,34,38,40,44,46,61H,3-5,7,9-11,13,16,19,22,25,28,30,32-33,35-37,39,41-43,45,47-60,64H2,1-2H3,(H,67,68)/b8-6-,14-12-,17-15-,20-18-,23-21-,26-24-,29-27-,34-31-,40-38-,46-44-. The van der Waals surface area contributed by atoms with Crippen LogP contribution in [0.2, 0.25) is 0 Å². The van der Waals surface area contributed by atoms with Gasteiger partial charge in [0.1, 0.15) is 6.61 Å². The molecule has 416 valence electrons. The molecule has 0 radical (unpaired) electrons. The summed E-state index contributed by atoms with van der Waals surface area (Å²) in [6, 6.07) is 0. The summed E-state index contributed by atoms with van der Waals surface area (Å²) < 4.78 is 33.0. The normalized spacial score (nSPS) is 14.0. The third kappa shape index (κ3) is 57.5. The zero-order valence-electron chi connectivity index (χ0n) is 46.3. The number of ether oxygens (including phenoxy) is 2. The summed E-state index contributed by atoms with van der Waals surface area (Å²) >= 11 is 0. The lowest BCUT2D eigenvalue weighted by Crippen LogP contribution is -2.29. The van der Waals surface area contributed by atoms with E-state index in [1.54, 1.807) is 0 Å². The molecular formula is C63H106NO8P. The molecule has 9 nitrogen and oxygen atoms in total. The Bertz CT molecular complexity index is 1600. The molecule has 0 aliphatic carbocycles. The summed E-state index contributed by atoms with van der Waals surface area (Å²) in [5.74, 6) is -0.874. The smallest absolute Gasteiger partial charge is 0.462 e. The van der Waals surface area contributed by atoms with Crippen LogP contribution >= 0.6 is 7.82 Å². The summed E-state index contributed by atoms with van der Waals surface area (Å²) in [4.78, 5) is 35.2. The number of rotatable bonds is 53. The molecule has 0 aliphatic rings. The van der Waals surface area contributed by atoms with Crippen molar-refractivity contribution in [2.24, 2.45) is 5.73 Å². The summed E-state index contributed by atoms with van der Waals surface area (Å²) in [7, 11) is -4.41. The predicted octanol–water partition coefficient (Wildman–Crippen LogP) is 18.4. The summed E-state index contributed by atoms with van der Waals surface area (Å²) in [5.41, 5.74) is 5.38. The van der Waals surface area contributed by atoms with Crippen molar-refractivity contribution in [1.82, 2.24) is 0 Å². The first-order valence-corrected chi connectivity index (χ1v) is 30.5. The minimum Gasteiger partial charge on any atom is -0.462 e. The van der Waals surface area contributed by atoms with E-state index in [9.17, 15) is 19.0 Å². The van der Waals surface area contributed by atoms with Crippen LogP contribution in [0.1, 0.15) is 232 Å². The Hall–Kier alpha value is -3.59. The SMILES string of the molecule is CC/C=C\C/C=C\C/C=C\C/C=C\C/C=C\C/C=C\C/C=C\CCCCCC(=O)OC(COC(=O)CCCCCCCCCCCCCC/C=C\C/C=C\C/C=C\CCCCCCC)COP(=O)(O)OCCN. The second-order valence-electron chi connectivity index (χ2n) is 18.8. The van der Waals surface area contributed by atoms with Gasteiger partial charge in [0.15, 0.2) is 6.10 Å². The molecule has 0 rings (SSSR count). The molecule has 0 heterocycles. The van der Waals surface area contributed by atoms with Crippen LogP contribution in [0.15, 0.2) is 122 Å². The largest absolute Gasteiger partial charge is 0.472 e. The molecule has 0 bridgehead atoms. The van der Waals surface area contributed by atoms with Crippen LogP contribution in [0.3, 0.4) is 0 Å². The monoisotopic (exact) mass is 1040 g/mol. The number of unbranched alkanes of at least 4 members (excludes halogenated alkanes) is 20. The van der Waals surface area contributed by atoms with Crippen LogP contribution < -0.4 is 5.73 Å². The Kier molecular flexibility index (Phi) is 54.8. The molecule has 2 unspecified atom stereocenters. The number of carbonyl (C=O) groups excluding carboxylic acids is 2. The van der Waals surface area contributed by atoms with E-state index in [1.165, 1.54) is 96.3 Å². The third-order valence-electron chi connectivity index (χ3n) is 11.8. The molecule has 0 aromatic carbocycles. The highest BCUT2D eigenvalue weighted by molar-refractivity contribution is 7.47. The molecule has 0 saturated heterocycles. The van der Waals surface area contributed by atoms with Gasteiger partial charge in [0.05, 0.1) is 13.2 Å². The topological polar surface area (TPSA) is 134 Å². The lowest BCUT2D eigenvalue weighted by atomic mass is 10.0. The second-order valence-corrected chi connectivity index (χ2v) is 20.2. The molecule has 0 amide bonds. The van der Waals surface area contributed by atoms with Gasteiger partial charge in [-0.25, -0.2) is 4.57 Å². The number of hydrogen-bond acceptors (Lipinski definition) is 8. The van der Waals surface area contributed by atoms with E-state index >= 15 is 0 Å². The predicted molar refractivity (Wildman–Crippen MR) is 311 cm³/mol. The van der Waals surface area contributed by atoms with Gasteiger partial charge < -0.3 is 20.1 Å². The number of esters is 2. The molecule has 10 heteroatoms. The van der Waals surface area contributed by atoms with Crippen molar-refractivity contribution in [2.75, 3.05) is 26.4 Å². The van der Waals surface area contributed by atoms with Gasteiger partial charge in [-0.05, 0) is 109 Å². The van der Waals surface area contributed by atoms with Gasteiger partial charge in [0, 0.05) is 19.4 Å². The molecule has 3 N–H and O–H groups in total. The Morgan fingerprint density at radius 1 is 0.425 bits per heavy atom. The van der Waals surface area contributed by atoms with Crippen molar-refractivity contribution >= 4 is 19.8 Å². The Morgan fingerprint density at radius 3 is 1.14 bits per heavy atom.